The number of carbonyl (C=O) groups excluding carboxylic acids is 1. The van der Waals surface area contributed by atoms with Gasteiger partial charge in [0.1, 0.15) is 5.82 Å². The molecule has 5 aromatic rings. The van der Waals surface area contributed by atoms with E-state index in [1.165, 1.54) is 30.7 Å². The van der Waals surface area contributed by atoms with E-state index < -0.39 is 11.7 Å². The normalized spacial score (nSPS) is 10.9. The van der Waals surface area contributed by atoms with Crippen LogP contribution in [0.25, 0.3) is 22.5 Å². The number of hydrogen-bond donors (Lipinski definition) is 1. The maximum atomic E-state index is 15.0. The van der Waals surface area contributed by atoms with Crippen molar-refractivity contribution in [3.8, 4) is 22.5 Å². The smallest absolute Gasteiger partial charge is 0.291 e. The van der Waals surface area contributed by atoms with Gasteiger partial charge in [0, 0.05) is 23.9 Å². The highest BCUT2D eigenvalue weighted by molar-refractivity contribution is 6.05. The van der Waals surface area contributed by atoms with Crippen LogP contribution in [0.1, 0.15) is 16.1 Å². The third kappa shape index (κ3) is 4.21. The summed E-state index contributed by atoms with van der Waals surface area (Å²) in [5, 5.41) is 2.60. The van der Waals surface area contributed by atoms with Crippen LogP contribution < -0.4 is 5.32 Å². The monoisotopic (exact) mass is 456 g/mol. The Hall–Kier alpha value is -4.59. The average molecular weight is 456 g/mol. The van der Waals surface area contributed by atoms with Crippen molar-refractivity contribution in [3.05, 3.63) is 115 Å². The molecule has 0 atom stereocenters. The molecule has 1 N–H and O–H groups in total. The first-order chi connectivity index (χ1) is 16.6. The first-order valence-corrected chi connectivity index (χ1v) is 10.4. The van der Waals surface area contributed by atoms with Gasteiger partial charge in [0.25, 0.3) is 5.91 Å². The third-order valence-corrected chi connectivity index (χ3v) is 5.29. The summed E-state index contributed by atoms with van der Waals surface area (Å²) in [7, 11) is 0. The highest BCUT2D eigenvalue weighted by atomic mass is 19.1. The van der Waals surface area contributed by atoms with Crippen molar-refractivity contribution in [2.24, 2.45) is 0 Å². The lowest BCUT2D eigenvalue weighted by Gasteiger charge is -2.15. The Morgan fingerprint density at radius 2 is 1.76 bits per heavy atom. The Balaban J connectivity index is 1.66. The summed E-state index contributed by atoms with van der Waals surface area (Å²) >= 11 is 0. The summed E-state index contributed by atoms with van der Waals surface area (Å²) in [6.45, 7) is 0.437. The van der Waals surface area contributed by atoms with E-state index in [0.717, 1.165) is 11.8 Å². The van der Waals surface area contributed by atoms with Crippen LogP contribution in [0.3, 0.4) is 0 Å². The number of pyridine rings is 1. The minimum absolute atomic E-state index is 0.0405. The van der Waals surface area contributed by atoms with E-state index >= 15 is 4.39 Å². The van der Waals surface area contributed by atoms with Crippen molar-refractivity contribution in [2.45, 2.75) is 6.54 Å². The third-order valence-electron chi connectivity index (χ3n) is 5.29. The molecule has 0 aliphatic heterocycles. The number of furan rings is 1. The number of nitrogens with zero attached hydrogens (tertiary/aromatic N) is 3. The Labute approximate surface area is 193 Å². The first-order valence-electron chi connectivity index (χ1n) is 10.4. The van der Waals surface area contributed by atoms with Crippen molar-refractivity contribution in [1.29, 1.82) is 0 Å². The predicted molar refractivity (Wildman–Crippen MR) is 123 cm³/mol. The molecule has 0 saturated carbocycles. The van der Waals surface area contributed by atoms with Gasteiger partial charge in [-0.2, -0.15) is 0 Å². The van der Waals surface area contributed by atoms with E-state index in [4.69, 9.17) is 4.42 Å². The van der Waals surface area contributed by atoms with Crippen LogP contribution in [0.15, 0.2) is 96.1 Å². The molecule has 3 aromatic heterocycles. The van der Waals surface area contributed by atoms with Gasteiger partial charge in [-0.25, -0.2) is 13.8 Å². The number of carbonyl (C=O) groups is 1. The number of aromatic nitrogens is 3. The van der Waals surface area contributed by atoms with E-state index in [1.54, 1.807) is 24.5 Å². The van der Waals surface area contributed by atoms with Crippen LogP contribution in [-0.2, 0) is 6.54 Å². The van der Waals surface area contributed by atoms with Gasteiger partial charge in [0.15, 0.2) is 11.6 Å². The van der Waals surface area contributed by atoms with Crippen molar-refractivity contribution >= 4 is 11.6 Å². The van der Waals surface area contributed by atoms with Crippen LogP contribution in [0.2, 0.25) is 0 Å². The van der Waals surface area contributed by atoms with Crippen LogP contribution >= 0.6 is 0 Å². The molecule has 0 saturated heterocycles. The molecule has 0 aliphatic rings. The van der Waals surface area contributed by atoms with Gasteiger partial charge in [-0.05, 0) is 42.0 Å². The van der Waals surface area contributed by atoms with Crippen molar-refractivity contribution in [1.82, 2.24) is 14.5 Å². The lowest BCUT2D eigenvalue weighted by Crippen LogP contribution is -2.14. The van der Waals surface area contributed by atoms with Gasteiger partial charge < -0.3 is 14.3 Å². The summed E-state index contributed by atoms with van der Waals surface area (Å²) < 4.78 is 35.6. The Kier molecular flexibility index (Phi) is 5.70. The molecule has 0 aliphatic carbocycles. The molecule has 34 heavy (non-hydrogen) atoms. The second kappa shape index (κ2) is 9.11. The fraction of sp³-hybridized carbons (Fsp3) is 0.0385. The number of hydrogen-bond acceptors (Lipinski definition) is 4. The number of anilines is 1. The molecule has 168 valence electrons. The van der Waals surface area contributed by atoms with Gasteiger partial charge in [-0.15, -0.1) is 0 Å². The standard InChI is InChI=1S/C26H18F2N4O2/c27-19-10-8-18(9-11-19)23-25(32(16-30-23)15-17-5-2-1-3-6-17)20-13-29-14-21(28)24(20)31-26(33)22-7-4-12-34-22/h1-14,16H,15H2,(H,29,31,33). The minimum Gasteiger partial charge on any atom is -0.459 e. The molecule has 0 bridgehead atoms. The van der Waals surface area contributed by atoms with E-state index in [2.05, 4.69) is 15.3 Å². The molecule has 5 rings (SSSR count). The number of halogens is 2. The molecule has 0 spiro atoms. The zero-order valence-electron chi connectivity index (χ0n) is 17.8. The summed E-state index contributed by atoms with van der Waals surface area (Å²) in [5.41, 5.74) is 2.92. The van der Waals surface area contributed by atoms with Gasteiger partial charge >= 0.3 is 0 Å². The summed E-state index contributed by atoms with van der Waals surface area (Å²) in [6.07, 6.45) is 5.48. The van der Waals surface area contributed by atoms with Crippen LogP contribution in [0.5, 0.6) is 0 Å². The lowest BCUT2D eigenvalue weighted by molar-refractivity contribution is 0.0996. The van der Waals surface area contributed by atoms with Gasteiger partial charge in [-0.3, -0.25) is 9.78 Å². The Morgan fingerprint density at radius 3 is 2.50 bits per heavy atom. The average Bonchev–Trinajstić information content (AvgIpc) is 3.52. The molecule has 8 heteroatoms. The zero-order valence-corrected chi connectivity index (χ0v) is 17.8. The molecular formula is C26H18F2N4O2. The van der Waals surface area contributed by atoms with Crippen molar-refractivity contribution < 1.29 is 18.0 Å². The van der Waals surface area contributed by atoms with Crippen LogP contribution in [-0.4, -0.2) is 20.4 Å². The lowest BCUT2D eigenvalue weighted by atomic mass is 10.0. The largest absolute Gasteiger partial charge is 0.459 e. The van der Waals surface area contributed by atoms with Crippen LogP contribution in [0.4, 0.5) is 14.5 Å². The zero-order chi connectivity index (χ0) is 23.5. The number of rotatable bonds is 6. The summed E-state index contributed by atoms with van der Waals surface area (Å²) in [6, 6.07) is 18.6. The Morgan fingerprint density at radius 1 is 0.971 bits per heavy atom. The fourth-order valence-corrected chi connectivity index (χ4v) is 3.71. The maximum absolute atomic E-state index is 15.0. The molecular weight excluding hydrogens is 438 g/mol. The van der Waals surface area contributed by atoms with E-state index in [9.17, 15) is 9.18 Å². The van der Waals surface area contributed by atoms with E-state index in [1.807, 2.05) is 34.9 Å². The summed E-state index contributed by atoms with van der Waals surface area (Å²) in [5.74, 6) is -1.66. The topological polar surface area (TPSA) is 73.0 Å². The molecule has 0 radical (unpaired) electrons. The minimum atomic E-state index is -0.713. The summed E-state index contributed by atoms with van der Waals surface area (Å²) in [4.78, 5) is 21.2. The second-order valence-corrected chi connectivity index (χ2v) is 7.54. The highest BCUT2D eigenvalue weighted by Crippen LogP contribution is 2.37. The van der Waals surface area contributed by atoms with Crippen molar-refractivity contribution in [3.63, 3.8) is 0 Å². The van der Waals surface area contributed by atoms with E-state index in [0.29, 0.717) is 29.1 Å². The number of benzene rings is 2. The first kappa shape index (κ1) is 21.3. The quantitative estimate of drug-likeness (QED) is 0.351. The molecule has 3 heterocycles. The molecule has 1 amide bonds. The molecule has 0 fully saturated rings. The van der Waals surface area contributed by atoms with E-state index in [-0.39, 0.29) is 17.3 Å². The fourth-order valence-electron chi connectivity index (χ4n) is 3.71. The number of nitrogens with one attached hydrogen (secondary N) is 1. The molecule has 0 unspecified atom stereocenters. The SMILES string of the molecule is O=C(Nc1c(F)cncc1-c1c(-c2ccc(F)cc2)ncn1Cc1ccccc1)c1ccco1. The van der Waals surface area contributed by atoms with Gasteiger partial charge in [0.2, 0.25) is 0 Å². The highest BCUT2D eigenvalue weighted by Gasteiger charge is 2.23. The predicted octanol–water partition coefficient (Wildman–Crippen LogP) is 5.78. The Bertz CT molecular complexity index is 1430. The van der Waals surface area contributed by atoms with Crippen LogP contribution in [0, 0.1) is 11.6 Å². The second-order valence-electron chi connectivity index (χ2n) is 7.54. The number of imidazole rings is 1. The molecule has 2 aromatic carbocycles. The number of amides is 1. The van der Waals surface area contributed by atoms with Gasteiger partial charge in [-0.1, -0.05) is 30.3 Å². The van der Waals surface area contributed by atoms with Gasteiger partial charge in [0.05, 0.1) is 35.9 Å². The van der Waals surface area contributed by atoms with Crippen molar-refractivity contribution in [2.75, 3.05) is 5.32 Å². The maximum Gasteiger partial charge on any atom is 0.291 e. The molecule has 6 nitrogen and oxygen atoms in total.